The van der Waals surface area contributed by atoms with Crippen molar-refractivity contribution in [1.29, 1.82) is 0 Å². The molecule has 0 radical (unpaired) electrons. The van der Waals surface area contributed by atoms with Crippen LogP contribution in [-0.2, 0) is 4.79 Å². The zero-order chi connectivity index (χ0) is 22.7. The molecule has 0 spiro atoms. The molecule has 1 heterocycles. The Morgan fingerprint density at radius 2 is 1.81 bits per heavy atom. The number of thioether (sulfide) groups is 1. The van der Waals surface area contributed by atoms with E-state index in [0.29, 0.717) is 16.4 Å². The molecule has 0 saturated heterocycles. The smallest absolute Gasteiger partial charge is 0.255 e. The first-order chi connectivity index (χ1) is 15.4. The molecular weight excluding hydrogens is 445 g/mol. The number of thiazole rings is 1. The number of aromatic nitrogens is 1. The quantitative estimate of drug-likeness (QED) is 0.337. The van der Waals surface area contributed by atoms with Crippen LogP contribution in [0.4, 0.5) is 15.2 Å². The summed E-state index contributed by atoms with van der Waals surface area (Å²) in [5.41, 5.74) is 2.97. The van der Waals surface area contributed by atoms with Gasteiger partial charge in [0.25, 0.3) is 5.91 Å². The highest BCUT2D eigenvalue weighted by Crippen LogP contribution is 2.29. The van der Waals surface area contributed by atoms with Gasteiger partial charge in [-0.05, 0) is 74.0 Å². The maximum atomic E-state index is 13.1. The molecule has 2 N–H and O–H groups in total. The second-order valence-corrected chi connectivity index (χ2v) is 9.67. The molecule has 4 aromatic rings. The first-order valence-electron chi connectivity index (χ1n) is 9.89. The van der Waals surface area contributed by atoms with Crippen molar-refractivity contribution in [3.8, 4) is 0 Å². The molecule has 5 nitrogen and oxygen atoms in total. The third-order valence-corrected chi connectivity index (χ3v) is 6.68. The maximum Gasteiger partial charge on any atom is 0.255 e. The molecule has 0 aliphatic rings. The van der Waals surface area contributed by atoms with Crippen LogP contribution in [0.3, 0.4) is 0 Å². The van der Waals surface area contributed by atoms with Gasteiger partial charge in [-0.2, -0.15) is 0 Å². The van der Waals surface area contributed by atoms with Crippen LogP contribution in [0, 0.1) is 12.7 Å². The number of nitrogens with zero attached hydrogens (tertiary/aromatic N) is 1. The van der Waals surface area contributed by atoms with Crippen molar-refractivity contribution < 1.29 is 14.0 Å². The third kappa shape index (κ3) is 5.33. The van der Waals surface area contributed by atoms with Crippen molar-refractivity contribution in [1.82, 2.24) is 4.98 Å². The Labute approximate surface area is 193 Å². The topological polar surface area (TPSA) is 71.1 Å². The van der Waals surface area contributed by atoms with Crippen molar-refractivity contribution in [3.63, 3.8) is 0 Å². The predicted molar refractivity (Wildman–Crippen MR) is 129 cm³/mol. The zero-order valence-electron chi connectivity index (χ0n) is 17.4. The van der Waals surface area contributed by atoms with E-state index in [4.69, 9.17) is 0 Å². The fourth-order valence-electron chi connectivity index (χ4n) is 3.00. The number of amides is 2. The van der Waals surface area contributed by atoms with E-state index in [0.717, 1.165) is 20.7 Å². The summed E-state index contributed by atoms with van der Waals surface area (Å²) in [5, 5.41) is 5.89. The first kappa shape index (κ1) is 22.0. The Hall–Kier alpha value is -3.23. The molecule has 162 valence electrons. The largest absolute Gasteiger partial charge is 0.322 e. The van der Waals surface area contributed by atoms with E-state index >= 15 is 0 Å². The summed E-state index contributed by atoms with van der Waals surface area (Å²) in [6, 6.07) is 18.6. The van der Waals surface area contributed by atoms with Crippen molar-refractivity contribution in [3.05, 3.63) is 83.7 Å². The summed E-state index contributed by atoms with van der Waals surface area (Å²) in [6.45, 7) is 3.84. The molecular formula is C24H20FN3O2S2. The standard InChI is InChI=1S/C24H20FN3O2S2/c1-14-6-11-20-21(12-14)32-24(27-20)28-22(29)15(2)31-19-5-3-4-18(13-19)26-23(30)16-7-9-17(25)10-8-16/h3-13,15H,1-2H3,(H,26,30)(H,27,28,29). The number of hydrogen-bond acceptors (Lipinski definition) is 5. The Kier molecular flexibility index (Phi) is 6.53. The van der Waals surface area contributed by atoms with Gasteiger partial charge in [-0.3, -0.25) is 9.59 Å². The molecule has 2 amide bonds. The molecule has 32 heavy (non-hydrogen) atoms. The van der Waals surface area contributed by atoms with Gasteiger partial charge in [0.1, 0.15) is 5.82 Å². The molecule has 0 fully saturated rings. The SMILES string of the molecule is Cc1ccc2nc(NC(=O)C(C)Sc3cccc(NC(=O)c4ccc(F)cc4)c3)sc2c1. The molecule has 8 heteroatoms. The monoisotopic (exact) mass is 465 g/mol. The molecule has 0 saturated carbocycles. The number of anilines is 2. The van der Waals surface area contributed by atoms with Crippen LogP contribution in [0.5, 0.6) is 0 Å². The zero-order valence-corrected chi connectivity index (χ0v) is 19.0. The normalized spacial score (nSPS) is 11.8. The average Bonchev–Trinajstić information content (AvgIpc) is 3.15. The maximum absolute atomic E-state index is 13.1. The van der Waals surface area contributed by atoms with E-state index in [1.807, 2.05) is 44.2 Å². The molecule has 0 aliphatic carbocycles. The van der Waals surface area contributed by atoms with Crippen LogP contribution in [-0.4, -0.2) is 22.0 Å². The Morgan fingerprint density at radius 3 is 2.59 bits per heavy atom. The fraction of sp³-hybridized carbons (Fsp3) is 0.125. The summed E-state index contributed by atoms with van der Waals surface area (Å²) in [4.78, 5) is 30.3. The number of halogens is 1. The second-order valence-electron chi connectivity index (χ2n) is 7.23. The van der Waals surface area contributed by atoms with Crippen LogP contribution >= 0.6 is 23.1 Å². The van der Waals surface area contributed by atoms with Gasteiger partial charge in [0.2, 0.25) is 5.91 Å². The lowest BCUT2D eigenvalue weighted by atomic mass is 10.2. The van der Waals surface area contributed by atoms with Gasteiger partial charge in [-0.1, -0.05) is 23.5 Å². The van der Waals surface area contributed by atoms with E-state index in [9.17, 15) is 14.0 Å². The van der Waals surface area contributed by atoms with E-state index in [1.54, 1.807) is 12.1 Å². The molecule has 1 atom stereocenters. The Balaban J connectivity index is 1.39. The summed E-state index contributed by atoms with van der Waals surface area (Å²) < 4.78 is 14.1. The van der Waals surface area contributed by atoms with Crippen LogP contribution in [0.2, 0.25) is 0 Å². The summed E-state index contributed by atoms with van der Waals surface area (Å²) in [6.07, 6.45) is 0. The number of carbonyl (C=O) groups is 2. The molecule has 4 rings (SSSR count). The summed E-state index contributed by atoms with van der Waals surface area (Å²) in [5.74, 6) is -0.872. The van der Waals surface area contributed by atoms with Crippen molar-refractivity contribution in [2.45, 2.75) is 24.0 Å². The lowest BCUT2D eigenvalue weighted by Gasteiger charge is -2.12. The van der Waals surface area contributed by atoms with Gasteiger partial charge < -0.3 is 10.6 Å². The number of fused-ring (bicyclic) bond motifs is 1. The number of benzene rings is 3. The van der Waals surface area contributed by atoms with Crippen LogP contribution in [0.15, 0.2) is 71.6 Å². The molecule has 0 bridgehead atoms. The van der Waals surface area contributed by atoms with Crippen LogP contribution in [0.25, 0.3) is 10.2 Å². The van der Waals surface area contributed by atoms with E-state index < -0.39 is 5.82 Å². The van der Waals surface area contributed by atoms with Crippen molar-refractivity contribution in [2.24, 2.45) is 0 Å². The number of aryl methyl sites for hydroxylation is 1. The molecule has 0 aliphatic heterocycles. The Morgan fingerprint density at radius 1 is 1.03 bits per heavy atom. The lowest BCUT2D eigenvalue weighted by molar-refractivity contribution is -0.115. The minimum Gasteiger partial charge on any atom is -0.322 e. The number of carbonyl (C=O) groups excluding carboxylic acids is 2. The third-order valence-electron chi connectivity index (χ3n) is 4.65. The van der Waals surface area contributed by atoms with Crippen LogP contribution < -0.4 is 10.6 Å². The Bertz CT molecular complexity index is 1290. The number of rotatable bonds is 6. The van der Waals surface area contributed by atoms with Crippen molar-refractivity contribution >= 4 is 55.9 Å². The summed E-state index contributed by atoms with van der Waals surface area (Å²) in [7, 11) is 0. The number of hydrogen-bond donors (Lipinski definition) is 2. The van der Waals surface area contributed by atoms with Gasteiger partial charge in [0.15, 0.2) is 5.13 Å². The van der Waals surface area contributed by atoms with Crippen molar-refractivity contribution in [2.75, 3.05) is 10.6 Å². The van der Waals surface area contributed by atoms with Gasteiger partial charge in [-0.25, -0.2) is 9.37 Å². The van der Waals surface area contributed by atoms with Gasteiger partial charge in [0, 0.05) is 16.1 Å². The minimum atomic E-state index is -0.395. The van der Waals surface area contributed by atoms with Gasteiger partial charge >= 0.3 is 0 Å². The molecule has 1 unspecified atom stereocenters. The van der Waals surface area contributed by atoms with Gasteiger partial charge in [-0.15, -0.1) is 11.8 Å². The highest BCUT2D eigenvalue weighted by Gasteiger charge is 2.17. The highest BCUT2D eigenvalue weighted by molar-refractivity contribution is 8.00. The molecule has 1 aromatic heterocycles. The van der Waals surface area contributed by atoms with E-state index in [-0.39, 0.29) is 17.1 Å². The molecule has 3 aromatic carbocycles. The summed E-state index contributed by atoms with van der Waals surface area (Å²) >= 11 is 2.83. The van der Waals surface area contributed by atoms with E-state index in [1.165, 1.54) is 47.4 Å². The average molecular weight is 466 g/mol. The van der Waals surface area contributed by atoms with Gasteiger partial charge in [0.05, 0.1) is 15.5 Å². The lowest BCUT2D eigenvalue weighted by Crippen LogP contribution is -2.22. The first-order valence-corrected chi connectivity index (χ1v) is 11.6. The highest BCUT2D eigenvalue weighted by atomic mass is 32.2. The minimum absolute atomic E-state index is 0.147. The van der Waals surface area contributed by atoms with E-state index in [2.05, 4.69) is 15.6 Å². The van der Waals surface area contributed by atoms with Crippen LogP contribution in [0.1, 0.15) is 22.8 Å². The second kappa shape index (κ2) is 9.50. The number of nitrogens with one attached hydrogen (secondary N) is 2. The fourth-order valence-corrected chi connectivity index (χ4v) is 4.90. The predicted octanol–water partition coefficient (Wildman–Crippen LogP) is 6.12.